The highest BCUT2D eigenvalue weighted by Gasteiger charge is 2.21. The molecule has 0 aliphatic heterocycles. The number of Topliss-reactive ketones (excluding diaryl/α,β-unsaturated/α-hetero) is 1. The molecule has 2 rings (SSSR count). The summed E-state index contributed by atoms with van der Waals surface area (Å²) in [6.07, 6.45) is 0.597. The van der Waals surface area contributed by atoms with E-state index in [0.717, 1.165) is 28.5 Å². The number of nitrogens with zero attached hydrogens (tertiary/aromatic N) is 2. The Balaban J connectivity index is 2.34. The molecule has 2 aromatic rings. The summed E-state index contributed by atoms with van der Waals surface area (Å²) in [6.45, 7) is 2.10. The van der Waals surface area contributed by atoms with E-state index in [1.165, 1.54) is 17.7 Å². The lowest BCUT2D eigenvalue weighted by Crippen LogP contribution is -2.42. The molecule has 0 bridgehead atoms. The van der Waals surface area contributed by atoms with Gasteiger partial charge in [0, 0.05) is 18.5 Å². The van der Waals surface area contributed by atoms with Gasteiger partial charge in [0.2, 0.25) is 0 Å². The van der Waals surface area contributed by atoms with Crippen LogP contribution in [0.4, 0.5) is 14.6 Å². The third kappa shape index (κ3) is 3.81. The number of hydrogen-bond donors (Lipinski definition) is 1. The van der Waals surface area contributed by atoms with E-state index in [2.05, 4.69) is 0 Å². The average Bonchev–Trinajstić information content (AvgIpc) is 2.58. The van der Waals surface area contributed by atoms with Crippen LogP contribution in [0.1, 0.15) is 23.7 Å². The van der Waals surface area contributed by atoms with Gasteiger partial charge < -0.3 is 5.73 Å². The van der Waals surface area contributed by atoms with E-state index in [-0.39, 0.29) is 23.7 Å². The first-order valence-electron chi connectivity index (χ1n) is 7.48. The van der Waals surface area contributed by atoms with Crippen molar-refractivity contribution in [3.8, 4) is 0 Å². The Morgan fingerprint density at radius 3 is 2.52 bits per heavy atom. The maximum atomic E-state index is 13.2. The molecule has 0 spiro atoms. The average molecular weight is 369 g/mol. The molecule has 9 heteroatoms. The van der Waals surface area contributed by atoms with Crippen molar-refractivity contribution in [1.29, 1.82) is 0 Å². The maximum Gasteiger partial charge on any atom is 0.332 e. The zero-order valence-electron chi connectivity index (χ0n) is 13.7. The molecular formula is C16H17F2N3O3S. The number of benzene rings is 1. The first-order chi connectivity index (χ1) is 11.8. The van der Waals surface area contributed by atoms with Crippen molar-refractivity contribution in [3.05, 3.63) is 56.2 Å². The second-order valence-electron chi connectivity index (χ2n) is 5.35. The lowest BCUT2D eigenvalue weighted by Gasteiger charge is -2.13. The number of ketones is 1. The van der Waals surface area contributed by atoms with Gasteiger partial charge in [-0.1, -0.05) is 6.92 Å². The number of hydrogen-bond acceptors (Lipinski definition) is 5. The molecule has 25 heavy (non-hydrogen) atoms. The Labute approximate surface area is 146 Å². The van der Waals surface area contributed by atoms with Crippen LogP contribution in [0, 0.1) is 11.6 Å². The summed E-state index contributed by atoms with van der Waals surface area (Å²) in [6, 6.07) is 3.25. The first kappa shape index (κ1) is 18.9. The SMILES string of the molecule is CCCn1c(N)c(C(=O)CSc2ccc(F)c(F)c2)c(=O)n(C)c1=O. The molecule has 0 aliphatic rings. The van der Waals surface area contributed by atoms with Crippen LogP contribution in [0.25, 0.3) is 0 Å². The van der Waals surface area contributed by atoms with E-state index < -0.39 is 28.7 Å². The van der Waals surface area contributed by atoms with Crippen molar-refractivity contribution in [2.75, 3.05) is 11.5 Å². The molecule has 0 unspecified atom stereocenters. The number of halogens is 2. The minimum Gasteiger partial charge on any atom is -0.384 e. The van der Waals surface area contributed by atoms with Crippen LogP contribution in [-0.2, 0) is 13.6 Å². The number of thioether (sulfide) groups is 1. The van der Waals surface area contributed by atoms with Crippen molar-refractivity contribution in [3.63, 3.8) is 0 Å². The van der Waals surface area contributed by atoms with Gasteiger partial charge in [-0.15, -0.1) is 11.8 Å². The van der Waals surface area contributed by atoms with Gasteiger partial charge >= 0.3 is 5.69 Å². The number of anilines is 1. The monoisotopic (exact) mass is 369 g/mol. The second kappa shape index (κ2) is 7.64. The van der Waals surface area contributed by atoms with Crippen LogP contribution >= 0.6 is 11.8 Å². The summed E-state index contributed by atoms with van der Waals surface area (Å²) in [7, 11) is 1.27. The molecule has 134 valence electrons. The van der Waals surface area contributed by atoms with Crippen molar-refractivity contribution in [1.82, 2.24) is 9.13 Å². The molecule has 0 atom stereocenters. The van der Waals surface area contributed by atoms with Crippen LogP contribution in [-0.4, -0.2) is 20.7 Å². The molecular weight excluding hydrogens is 352 g/mol. The Kier molecular flexibility index (Phi) is 5.78. The number of carbonyl (C=O) groups is 1. The number of rotatable bonds is 6. The van der Waals surface area contributed by atoms with Gasteiger partial charge in [0.25, 0.3) is 5.56 Å². The summed E-state index contributed by atoms with van der Waals surface area (Å²) in [5, 5.41) is 0. The molecule has 0 saturated heterocycles. The maximum absolute atomic E-state index is 13.2. The lowest BCUT2D eigenvalue weighted by atomic mass is 10.2. The largest absolute Gasteiger partial charge is 0.384 e. The van der Waals surface area contributed by atoms with E-state index in [0.29, 0.717) is 11.3 Å². The fourth-order valence-corrected chi connectivity index (χ4v) is 3.07. The Morgan fingerprint density at radius 2 is 1.92 bits per heavy atom. The molecule has 0 fully saturated rings. The number of nitrogens with two attached hydrogens (primary N) is 1. The molecule has 1 aromatic heterocycles. The zero-order chi connectivity index (χ0) is 18.7. The molecule has 2 N–H and O–H groups in total. The van der Waals surface area contributed by atoms with Gasteiger partial charge in [-0.3, -0.25) is 18.7 Å². The van der Waals surface area contributed by atoms with E-state index in [9.17, 15) is 23.2 Å². The number of nitrogen functional groups attached to an aromatic ring is 1. The molecule has 6 nitrogen and oxygen atoms in total. The first-order valence-corrected chi connectivity index (χ1v) is 8.46. The van der Waals surface area contributed by atoms with Crippen molar-refractivity contribution in [2.45, 2.75) is 24.8 Å². The van der Waals surface area contributed by atoms with Gasteiger partial charge in [0.1, 0.15) is 11.4 Å². The highest BCUT2D eigenvalue weighted by Crippen LogP contribution is 2.21. The van der Waals surface area contributed by atoms with E-state index in [1.54, 1.807) is 0 Å². The van der Waals surface area contributed by atoms with Crippen LogP contribution in [0.2, 0.25) is 0 Å². The van der Waals surface area contributed by atoms with Crippen molar-refractivity contribution in [2.24, 2.45) is 7.05 Å². The molecule has 0 aliphatic carbocycles. The third-order valence-electron chi connectivity index (χ3n) is 3.57. The molecule has 1 aromatic carbocycles. The molecule has 0 radical (unpaired) electrons. The van der Waals surface area contributed by atoms with Crippen molar-refractivity contribution >= 4 is 23.4 Å². The summed E-state index contributed by atoms with van der Waals surface area (Å²) >= 11 is 0.946. The predicted octanol–water partition coefficient (Wildman–Crippen LogP) is 1.79. The number of carbonyl (C=O) groups excluding carboxylic acids is 1. The standard InChI is InChI=1S/C16H17F2N3O3S/c1-3-6-21-14(19)13(15(23)20(2)16(21)24)12(22)8-25-9-4-5-10(17)11(18)7-9/h4-5,7H,3,6,8,19H2,1-2H3. The quantitative estimate of drug-likeness (QED) is 0.620. The zero-order valence-corrected chi connectivity index (χ0v) is 14.5. The summed E-state index contributed by atoms with van der Waals surface area (Å²) in [5.41, 5.74) is 4.23. The molecule has 0 saturated carbocycles. The van der Waals surface area contributed by atoms with Gasteiger partial charge in [-0.2, -0.15) is 0 Å². The highest BCUT2D eigenvalue weighted by atomic mass is 32.2. The van der Waals surface area contributed by atoms with E-state index >= 15 is 0 Å². The van der Waals surface area contributed by atoms with Crippen LogP contribution in [0.15, 0.2) is 32.7 Å². The smallest absolute Gasteiger partial charge is 0.332 e. The van der Waals surface area contributed by atoms with Gasteiger partial charge in [0.05, 0.1) is 5.75 Å². The molecule has 1 heterocycles. The third-order valence-corrected chi connectivity index (χ3v) is 4.56. The Morgan fingerprint density at radius 1 is 1.24 bits per heavy atom. The van der Waals surface area contributed by atoms with Crippen molar-refractivity contribution < 1.29 is 13.6 Å². The van der Waals surface area contributed by atoms with Gasteiger partial charge in [-0.25, -0.2) is 13.6 Å². The van der Waals surface area contributed by atoms with Gasteiger partial charge in [0.15, 0.2) is 17.4 Å². The molecule has 0 amide bonds. The summed E-state index contributed by atoms with van der Waals surface area (Å²) < 4.78 is 28.1. The lowest BCUT2D eigenvalue weighted by molar-refractivity contribution is 0.102. The highest BCUT2D eigenvalue weighted by molar-refractivity contribution is 8.00. The fraction of sp³-hybridized carbons (Fsp3) is 0.312. The van der Waals surface area contributed by atoms with Crippen LogP contribution in [0.5, 0.6) is 0 Å². The van der Waals surface area contributed by atoms with Crippen LogP contribution in [0.3, 0.4) is 0 Å². The van der Waals surface area contributed by atoms with E-state index in [4.69, 9.17) is 5.73 Å². The van der Waals surface area contributed by atoms with Gasteiger partial charge in [-0.05, 0) is 24.6 Å². The normalized spacial score (nSPS) is 10.9. The minimum atomic E-state index is -1.02. The topological polar surface area (TPSA) is 87.1 Å². The van der Waals surface area contributed by atoms with E-state index in [1.807, 2.05) is 6.92 Å². The predicted molar refractivity (Wildman–Crippen MR) is 92.1 cm³/mol. The fourth-order valence-electron chi connectivity index (χ4n) is 2.27. The minimum absolute atomic E-state index is 0.175. The Bertz CT molecular complexity index is 937. The summed E-state index contributed by atoms with van der Waals surface area (Å²) in [4.78, 5) is 37.1. The van der Waals surface area contributed by atoms with Crippen LogP contribution < -0.4 is 17.0 Å². The second-order valence-corrected chi connectivity index (χ2v) is 6.40. The Hall–Kier alpha value is -2.42. The summed E-state index contributed by atoms with van der Waals surface area (Å²) in [5.74, 6) is -2.97. The number of aromatic nitrogens is 2.